The standard InChI is InChI=1S/C11H17N3O4S/c1-3-18-10(15)8-7-12-13-9(8)19(16,17)14-11(2)5-4-6-11/h7,14H,3-6H2,1-2H3,(H,12,13). The number of ether oxygens (including phenoxy) is 1. The van der Waals surface area contributed by atoms with E-state index in [1.165, 1.54) is 0 Å². The predicted molar refractivity (Wildman–Crippen MR) is 67.1 cm³/mol. The minimum absolute atomic E-state index is 0.0720. The summed E-state index contributed by atoms with van der Waals surface area (Å²) in [5.41, 5.74) is -0.507. The maximum Gasteiger partial charge on any atom is 0.342 e. The number of H-pyrrole nitrogens is 1. The number of esters is 1. The van der Waals surface area contributed by atoms with Crippen LogP contribution in [0.5, 0.6) is 0 Å². The number of carbonyl (C=O) groups excluding carboxylic acids is 1. The van der Waals surface area contributed by atoms with Crippen molar-refractivity contribution < 1.29 is 17.9 Å². The lowest BCUT2D eigenvalue weighted by molar-refractivity contribution is 0.0521. The van der Waals surface area contributed by atoms with E-state index in [0.717, 1.165) is 25.5 Å². The monoisotopic (exact) mass is 287 g/mol. The Hall–Kier alpha value is -1.41. The van der Waals surface area contributed by atoms with Crippen LogP contribution < -0.4 is 4.72 Å². The van der Waals surface area contributed by atoms with Gasteiger partial charge in [-0.15, -0.1) is 0 Å². The van der Waals surface area contributed by atoms with Gasteiger partial charge < -0.3 is 4.74 Å². The Labute approximate surface area is 111 Å². The second-order valence-electron chi connectivity index (χ2n) is 4.85. The summed E-state index contributed by atoms with van der Waals surface area (Å²) in [5, 5.41) is 5.74. The average Bonchev–Trinajstić information content (AvgIpc) is 2.76. The number of sulfonamides is 1. The second-order valence-corrected chi connectivity index (χ2v) is 6.47. The Morgan fingerprint density at radius 2 is 2.26 bits per heavy atom. The molecule has 0 amide bonds. The zero-order valence-electron chi connectivity index (χ0n) is 10.9. The molecule has 0 radical (unpaired) electrons. The molecule has 0 spiro atoms. The fourth-order valence-electron chi connectivity index (χ4n) is 2.02. The molecule has 0 saturated heterocycles. The summed E-state index contributed by atoms with van der Waals surface area (Å²) in [4.78, 5) is 11.6. The number of rotatable bonds is 5. The highest BCUT2D eigenvalue weighted by molar-refractivity contribution is 7.89. The van der Waals surface area contributed by atoms with Gasteiger partial charge in [0.25, 0.3) is 10.0 Å². The lowest BCUT2D eigenvalue weighted by Crippen LogP contribution is -2.51. The summed E-state index contributed by atoms with van der Waals surface area (Å²) in [5.74, 6) is -0.699. The highest BCUT2D eigenvalue weighted by Gasteiger charge is 2.38. The van der Waals surface area contributed by atoms with Gasteiger partial charge >= 0.3 is 5.97 Å². The van der Waals surface area contributed by atoms with E-state index < -0.39 is 21.5 Å². The fourth-order valence-corrected chi connectivity index (χ4v) is 3.57. The van der Waals surface area contributed by atoms with Crippen LogP contribution in [0.4, 0.5) is 0 Å². The molecule has 1 saturated carbocycles. The van der Waals surface area contributed by atoms with E-state index in [4.69, 9.17) is 4.74 Å². The highest BCUT2D eigenvalue weighted by Crippen LogP contribution is 2.32. The van der Waals surface area contributed by atoms with Crippen LogP contribution in [0.15, 0.2) is 11.2 Å². The van der Waals surface area contributed by atoms with Gasteiger partial charge in [0.1, 0.15) is 5.56 Å². The minimum atomic E-state index is -3.80. The van der Waals surface area contributed by atoms with Crippen LogP contribution in [-0.4, -0.2) is 36.7 Å². The Morgan fingerprint density at radius 1 is 1.58 bits per heavy atom. The largest absolute Gasteiger partial charge is 0.462 e. The van der Waals surface area contributed by atoms with E-state index in [2.05, 4.69) is 14.9 Å². The van der Waals surface area contributed by atoms with E-state index in [-0.39, 0.29) is 17.2 Å². The van der Waals surface area contributed by atoms with E-state index >= 15 is 0 Å². The number of hydrogen-bond acceptors (Lipinski definition) is 5. The Bertz CT molecular complexity index is 575. The molecule has 106 valence electrons. The first-order valence-electron chi connectivity index (χ1n) is 6.12. The molecule has 2 N–H and O–H groups in total. The van der Waals surface area contributed by atoms with E-state index in [1.54, 1.807) is 6.92 Å². The van der Waals surface area contributed by atoms with Gasteiger partial charge in [-0.25, -0.2) is 17.9 Å². The second kappa shape index (κ2) is 4.93. The minimum Gasteiger partial charge on any atom is -0.462 e. The summed E-state index contributed by atoms with van der Waals surface area (Å²) in [6.45, 7) is 3.67. The molecule has 1 aliphatic carbocycles. The Balaban J connectivity index is 2.26. The number of aromatic amines is 1. The van der Waals surface area contributed by atoms with Gasteiger partial charge in [-0.2, -0.15) is 5.10 Å². The third-order valence-corrected chi connectivity index (χ3v) is 4.82. The van der Waals surface area contributed by atoms with Crippen molar-refractivity contribution in [3.8, 4) is 0 Å². The molecule has 0 aromatic carbocycles. The van der Waals surface area contributed by atoms with E-state index in [0.29, 0.717) is 0 Å². The molecule has 2 rings (SSSR count). The van der Waals surface area contributed by atoms with Gasteiger partial charge in [0, 0.05) is 5.54 Å². The third-order valence-electron chi connectivity index (χ3n) is 3.21. The smallest absolute Gasteiger partial charge is 0.342 e. The van der Waals surface area contributed by atoms with Gasteiger partial charge in [-0.05, 0) is 33.1 Å². The molecule has 1 aromatic rings. The van der Waals surface area contributed by atoms with Gasteiger partial charge in [0.05, 0.1) is 12.8 Å². The molecule has 1 aromatic heterocycles. The summed E-state index contributed by atoms with van der Waals surface area (Å²) in [7, 11) is -3.80. The molecule has 7 nitrogen and oxygen atoms in total. The summed E-state index contributed by atoms with van der Waals surface area (Å²) in [6.07, 6.45) is 3.73. The summed E-state index contributed by atoms with van der Waals surface area (Å²) in [6, 6.07) is 0. The molecular formula is C11H17N3O4S. The van der Waals surface area contributed by atoms with E-state index in [1.807, 2.05) is 6.92 Å². The van der Waals surface area contributed by atoms with Gasteiger partial charge in [-0.1, -0.05) is 0 Å². The maximum absolute atomic E-state index is 12.2. The number of carbonyl (C=O) groups is 1. The molecule has 0 bridgehead atoms. The lowest BCUT2D eigenvalue weighted by atomic mass is 9.80. The maximum atomic E-state index is 12.2. The predicted octanol–water partition coefficient (Wildman–Crippen LogP) is 0.807. The molecule has 0 unspecified atom stereocenters. The fraction of sp³-hybridized carbons (Fsp3) is 0.636. The number of nitrogens with one attached hydrogen (secondary N) is 2. The third kappa shape index (κ3) is 2.79. The van der Waals surface area contributed by atoms with Crippen molar-refractivity contribution in [2.75, 3.05) is 6.61 Å². The summed E-state index contributed by atoms with van der Waals surface area (Å²) < 4.78 is 31.9. The molecule has 1 fully saturated rings. The Morgan fingerprint density at radius 3 is 2.79 bits per heavy atom. The number of hydrogen-bond donors (Lipinski definition) is 2. The van der Waals surface area contributed by atoms with E-state index in [9.17, 15) is 13.2 Å². The van der Waals surface area contributed by atoms with Crippen molar-refractivity contribution in [1.82, 2.24) is 14.9 Å². The first kappa shape index (κ1) is 14.0. The van der Waals surface area contributed by atoms with Gasteiger partial charge in [0.2, 0.25) is 0 Å². The van der Waals surface area contributed by atoms with Crippen LogP contribution in [0.2, 0.25) is 0 Å². The molecule has 0 atom stereocenters. The zero-order chi connectivity index (χ0) is 14.1. The normalized spacial score (nSPS) is 17.8. The molecule has 1 aliphatic rings. The molecule has 1 heterocycles. The van der Waals surface area contributed by atoms with Crippen molar-refractivity contribution in [2.24, 2.45) is 0 Å². The van der Waals surface area contributed by atoms with Crippen LogP contribution in [0.1, 0.15) is 43.5 Å². The van der Waals surface area contributed by atoms with Crippen molar-refractivity contribution in [1.29, 1.82) is 0 Å². The highest BCUT2D eigenvalue weighted by atomic mass is 32.2. The molecule has 19 heavy (non-hydrogen) atoms. The molecular weight excluding hydrogens is 270 g/mol. The lowest BCUT2D eigenvalue weighted by Gasteiger charge is -2.38. The van der Waals surface area contributed by atoms with Crippen LogP contribution >= 0.6 is 0 Å². The topological polar surface area (TPSA) is 101 Å². The number of nitrogens with zero attached hydrogens (tertiary/aromatic N) is 1. The summed E-state index contributed by atoms with van der Waals surface area (Å²) >= 11 is 0. The quantitative estimate of drug-likeness (QED) is 0.780. The molecule has 0 aliphatic heterocycles. The van der Waals surface area contributed by atoms with Crippen molar-refractivity contribution in [3.63, 3.8) is 0 Å². The van der Waals surface area contributed by atoms with Crippen molar-refractivity contribution in [3.05, 3.63) is 11.8 Å². The first-order chi connectivity index (χ1) is 8.88. The van der Waals surface area contributed by atoms with Gasteiger partial charge in [-0.3, -0.25) is 5.10 Å². The van der Waals surface area contributed by atoms with Crippen molar-refractivity contribution >= 4 is 16.0 Å². The number of aromatic nitrogens is 2. The van der Waals surface area contributed by atoms with Crippen LogP contribution in [-0.2, 0) is 14.8 Å². The Kier molecular flexibility index (Phi) is 3.64. The van der Waals surface area contributed by atoms with Crippen LogP contribution in [0.25, 0.3) is 0 Å². The average molecular weight is 287 g/mol. The van der Waals surface area contributed by atoms with Crippen LogP contribution in [0.3, 0.4) is 0 Å². The zero-order valence-corrected chi connectivity index (χ0v) is 11.7. The van der Waals surface area contributed by atoms with Crippen molar-refractivity contribution in [2.45, 2.75) is 43.7 Å². The van der Waals surface area contributed by atoms with Gasteiger partial charge in [0.15, 0.2) is 5.03 Å². The first-order valence-corrected chi connectivity index (χ1v) is 7.61. The molecule has 8 heteroatoms. The van der Waals surface area contributed by atoms with Crippen LogP contribution in [0, 0.1) is 0 Å². The SMILES string of the molecule is CCOC(=O)c1cn[nH]c1S(=O)(=O)NC1(C)CCC1.